The lowest BCUT2D eigenvalue weighted by Crippen LogP contribution is -2.49. The molecule has 1 unspecified atom stereocenters. The first-order valence-corrected chi connectivity index (χ1v) is 7.78. The lowest BCUT2D eigenvalue weighted by atomic mass is 9.97. The summed E-state index contributed by atoms with van der Waals surface area (Å²) in [5.41, 5.74) is 1.00. The predicted molar refractivity (Wildman–Crippen MR) is 84.4 cm³/mol. The number of nitrogens with one attached hydrogen (secondary N) is 2. The van der Waals surface area contributed by atoms with E-state index < -0.39 is 6.04 Å². The summed E-state index contributed by atoms with van der Waals surface area (Å²) in [5, 5.41) is 5.73. The molecule has 22 heavy (non-hydrogen) atoms. The quantitative estimate of drug-likeness (QED) is 0.845. The molecule has 1 fully saturated rings. The van der Waals surface area contributed by atoms with Crippen LogP contribution in [0.3, 0.4) is 0 Å². The summed E-state index contributed by atoms with van der Waals surface area (Å²) in [7, 11) is 1.62. The lowest BCUT2D eigenvalue weighted by Gasteiger charge is -2.23. The van der Waals surface area contributed by atoms with Crippen LogP contribution in [0.2, 0.25) is 0 Å². The number of carbonyl (C=O) groups excluding carboxylic acids is 2. The molecule has 0 bridgehead atoms. The third kappa shape index (κ3) is 4.48. The van der Waals surface area contributed by atoms with Gasteiger partial charge in [-0.05, 0) is 36.5 Å². The van der Waals surface area contributed by atoms with E-state index in [0.29, 0.717) is 6.54 Å². The molecule has 2 rings (SSSR count). The Kier molecular flexibility index (Phi) is 5.81. The highest BCUT2D eigenvalue weighted by molar-refractivity contribution is 5.87. The van der Waals surface area contributed by atoms with E-state index in [1.807, 2.05) is 24.3 Å². The fraction of sp³-hybridized carbons (Fsp3) is 0.529. The molecular formula is C17H24N2O3. The molecular weight excluding hydrogens is 280 g/mol. The molecule has 0 spiro atoms. The van der Waals surface area contributed by atoms with Crippen LogP contribution in [0.5, 0.6) is 5.75 Å². The largest absolute Gasteiger partial charge is 0.497 e. The number of hydrogen-bond donors (Lipinski definition) is 2. The van der Waals surface area contributed by atoms with Gasteiger partial charge in [0.2, 0.25) is 11.8 Å². The Balaban J connectivity index is 1.93. The zero-order valence-corrected chi connectivity index (χ0v) is 13.2. The van der Waals surface area contributed by atoms with Crippen molar-refractivity contribution >= 4 is 11.8 Å². The molecule has 1 aromatic carbocycles. The summed E-state index contributed by atoms with van der Waals surface area (Å²) in [6, 6.07) is 7.15. The lowest BCUT2D eigenvalue weighted by molar-refractivity contribution is -0.129. The van der Waals surface area contributed by atoms with Gasteiger partial charge >= 0.3 is 0 Å². The third-order valence-corrected chi connectivity index (χ3v) is 4.14. The van der Waals surface area contributed by atoms with Gasteiger partial charge in [0.05, 0.1) is 7.11 Å². The zero-order valence-electron chi connectivity index (χ0n) is 13.2. The molecule has 0 heterocycles. The van der Waals surface area contributed by atoms with Crippen molar-refractivity contribution in [2.24, 2.45) is 5.92 Å². The van der Waals surface area contributed by atoms with Crippen molar-refractivity contribution in [3.05, 3.63) is 29.8 Å². The Hall–Kier alpha value is -2.04. The molecule has 1 saturated carbocycles. The van der Waals surface area contributed by atoms with Crippen LogP contribution in [-0.2, 0) is 16.1 Å². The molecule has 1 atom stereocenters. The number of methoxy groups -OCH3 is 1. The molecule has 5 nitrogen and oxygen atoms in total. The first kappa shape index (κ1) is 16.3. The maximum Gasteiger partial charge on any atom is 0.243 e. The standard InChI is InChI=1S/C17H24N2O3/c1-12(20)19-16(14-5-3-4-6-14)17(21)18-11-13-7-9-15(22-2)10-8-13/h7-10,14,16H,3-6,11H2,1-2H3,(H,18,21)(H,19,20). The number of ether oxygens (including phenoxy) is 1. The van der Waals surface area contributed by atoms with E-state index in [1.165, 1.54) is 6.92 Å². The molecule has 0 aliphatic heterocycles. The summed E-state index contributed by atoms with van der Waals surface area (Å²) in [4.78, 5) is 23.8. The fourth-order valence-corrected chi connectivity index (χ4v) is 2.95. The van der Waals surface area contributed by atoms with Crippen molar-refractivity contribution in [3.8, 4) is 5.75 Å². The number of amides is 2. The Bertz CT molecular complexity index is 507. The molecule has 2 N–H and O–H groups in total. The van der Waals surface area contributed by atoms with Gasteiger partial charge in [0.15, 0.2) is 0 Å². The second kappa shape index (κ2) is 7.82. The number of rotatable bonds is 6. The van der Waals surface area contributed by atoms with E-state index >= 15 is 0 Å². The fourth-order valence-electron chi connectivity index (χ4n) is 2.95. The van der Waals surface area contributed by atoms with Gasteiger partial charge in [-0.15, -0.1) is 0 Å². The normalized spacial score (nSPS) is 16.1. The average Bonchev–Trinajstić information content (AvgIpc) is 3.04. The van der Waals surface area contributed by atoms with E-state index in [0.717, 1.165) is 37.0 Å². The molecule has 1 aliphatic carbocycles. The van der Waals surface area contributed by atoms with Crippen LogP contribution in [0, 0.1) is 5.92 Å². The molecule has 120 valence electrons. The van der Waals surface area contributed by atoms with E-state index in [-0.39, 0.29) is 17.7 Å². The number of carbonyl (C=O) groups is 2. The van der Waals surface area contributed by atoms with Gasteiger partial charge in [-0.2, -0.15) is 0 Å². The minimum Gasteiger partial charge on any atom is -0.497 e. The van der Waals surface area contributed by atoms with Crippen LogP contribution < -0.4 is 15.4 Å². The van der Waals surface area contributed by atoms with Gasteiger partial charge in [-0.3, -0.25) is 9.59 Å². The Morgan fingerprint density at radius 1 is 1.23 bits per heavy atom. The minimum absolute atomic E-state index is 0.0991. The summed E-state index contributed by atoms with van der Waals surface area (Å²) < 4.78 is 5.11. The van der Waals surface area contributed by atoms with Crippen LogP contribution in [0.1, 0.15) is 38.2 Å². The van der Waals surface area contributed by atoms with Gasteiger partial charge in [0, 0.05) is 13.5 Å². The van der Waals surface area contributed by atoms with Crippen LogP contribution in [0.25, 0.3) is 0 Å². The van der Waals surface area contributed by atoms with E-state index in [1.54, 1.807) is 7.11 Å². The van der Waals surface area contributed by atoms with Crippen molar-refractivity contribution in [1.82, 2.24) is 10.6 Å². The molecule has 5 heteroatoms. The van der Waals surface area contributed by atoms with Crippen molar-refractivity contribution in [2.45, 2.75) is 45.2 Å². The topological polar surface area (TPSA) is 67.4 Å². The van der Waals surface area contributed by atoms with Gasteiger partial charge < -0.3 is 15.4 Å². The van der Waals surface area contributed by atoms with Crippen LogP contribution in [0.15, 0.2) is 24.3 Å². The maximum atomic E-state index is 12.4. The van der Waals surface area contributed by atoms with Gasteiger partial charge in [-0.1, -0.05) is 25.0 Å². The van der Waals surface area contributed by atoms with Gasteiger partial charge in [0.25, 0.3) is 0 Å². The van der Waals surface area contributed by atoms with Gasteiger partial charge in [-0.25, -0.2) is 0 Å². The molecule has 0 aromatic heterocycles. The highest BCUT2D eigenvalue weighted by atomic mass is 16.5. The predicted octanol–water partition coefficient (Wildman–Crippen LogP) is 2.01. The van der Waals surface area contributed by atoms with Crippen molar-refractivity contribution in [2.75, 3.05) is 7.11 Å². The van der Waals surface area contributed by atoms with Crippen molar-refractivity contribution in [3.63, 3.8) is 0 Å². The zero-order chi connectivity index (χ0) is 15.9. The number of hydrogen-bond acceptors (Lipinski definition) is 3. The first-order chi connectivity index (χ1) is 10.6. The molecule has 0 saturated heterocycles. The Morgan fingerprint density at radius 2 is 1.86 bits per heavy atom. The highest BCUT2D eigenvalue weighted by Gasteiger charge is 2.31. The number of benzene rings is 1. The van der Waals surface area contributed by atoms with Crippen molar-refractivity contribution < 1.29 is 14.3 Å². The summed E-state index contributed by atoms with van der Waals surface area (Å²) in [6.45, 7) is 1.91. The Labute approximate surface area is 131 Å². The van der Waals surface area contributed by atoms with E-state index in [4.69, 9.17) is 4.74 Å². The van der Waals surface area contributed by atoms with Gasteiger partial charge in [0.1, 0.15) is 11.8 Å². The average molecular weight is 304 g/mol. The molecule has 1 aliphatic rings. The highest BCUT2D eigenvalue weighted by Crippen LogP contribution is 2.28. The van der Waals surface area contributed by atoms with Crippen molar-refractivity contribution in [1.29, 1.82) is 0 Å². The SMILES string of the molecule is COc1ccc(CNC(=O)C(NC(C)=O)C2CCCC2)cc1. The summed E-state index contributed by atoms with van der Waals surface area (Å²) in [6.07, 6.45) is 4.26. The molecule has 2 amide bonds. The third-order valence-electron chi connectivity index (χ3n) is 4.14. The first-order valence-electron chi connectivity index (χ1n) is 7.78. The molecule has 1 aromatic rings. The second-order valence-corrected chi connectivity index (χ2v) is 5.79. The summed E-state index contributed by atoms with van der Waals surface area (Å²) in [5.74, 6) is 0.784. The van der Waals surface area contributed by atoms with Crippen LogP contribution >= 0.6 is 0 Å². The second-order valence-electron chi connectivity index (χ2n) is 5.79. The summed E-state index contributed by atoms with van der Waals surface area (Å²) >= 11 is 0. The van der Waals surface area contributed by atoms with E-state index in [2.05, 4.69) is 10.6 Å². The monoisotopic (exact) mass is 304 g/mol. The van der Waals surface area contributed by atoms with Crippen LogP contribution in [-0.4, -0.2) is 25.0 Å². The smallest absolute Gasteiger partial charge is 0.243 e. The van der Waals surface area contributed by atoms with E-state index in [9.17, 15) is 9.59 Å². The minimum atomic E-state index is -0.418. The van der Waals surface area contributed by atoms with Crippen LogP contribution in [0.4, 0.5) is 0 Å². The Morgan fingerprint density at radius 3 is 2.41 bits per heavy atom. The molecule has 0 radical (unpaired) electrons. The maximum absolute atomic E-state index is 12.4.